The van der Waals surface area contributed by atoms with Crippen LogP contribution in [0.2, 0.25) is 0 Å². The Kier molecular flexibility index (Phi) is 6.53. The van der Waals surface area contributed by atoms with Crippen molar-refractivity contribution in [3.63, 3.8) is 0 Å². The summed E-state index contributed by atoms with van der Waals surface area (Å²) < 4.78 is 0. The van der Waals surface area contributed by atoms with Crippen molar-refractivity contribution in [1.82, 2.24) is 10.3 Å². The highest BCUT2D eigenvalue weighted by atomic mass is 16.2. The van der Waals surface area contributed by atoms with Crippen LogP contribution in [-0.4, -0.2) is 22.6 Å². The van der Waals surface area contributed by atoms with Crippen LogP contribution in [0.1, 0.15) is 31.2 Å². The minimum Gasteiger partial charge on any atom is -0.334 e. The molecular weight excluding hydrogens is 368 g/mol. The van der Waals surface area contributed by atoms with E-state index in [1.54, 1.807) is 36.7 Å². The first-order chi connectivity index (χ1) is 14.1. The Hall–Kier alpha value is -3.73. The third-order valence-electron chi connectivity index (χ3n) is 4.41. The predicted molar refractivity (Wildman–Crippen MR) is 110 cm³/mol. The Balaban J connectivity index is 1.44. The quantitative estimate of drug-likeness (QED) is 0.568. The third kappa shape index (κ3) is 6.43. The number of pyridine rings is 1. The van der Waals surface area contributed by atoms with E-state index in [0.29, 0.717) is 43.6 Å². The Morgan fingerprint density at radius 2 is 1.76 bits per heavy atom. The van der Waals surface area contributed by atoms with E-state index >= 15 is 0 Å². The van der Waals surface area contributed by atoms with Gasteiger partial charge in [-0.1, -0.05) is 6.07 Å². The molecule has 1 aliphatic heterocycles. The Morgan fingerprint density at radius 3 is 2.45 bits per heavy atom. The molecular formula is C21H22N6O2. The lowest BCUT2D eigenvalue weighted by atomic mass is 10.0. The van der Waals surface area contributed by atoms with Crippen LogP contribution in [0.15, 0.2) is 59.0 Å². The molecule has 2 aromatic rings. The molecule has 0 spiro atoms. The van der Waals surface area contributed by atoms with Crippen molar-refractivity contribution in [2.75, 3.05) is 10.6 Å². The van der Waals surface area contributed by atoms with E-state index in [-0.39, 0.29) is 11.9 Å². The lowest BCUT2D eigenvalue weighted by Crippen LogP contribution is -2.28. The number of urea groups is 1. The van der Waals surface area contributed by atoms with E-state index < -0.39 is 5.66 Å². The number of carbonyl (C=O) groups excluding carboxylic acids is 2. The molecule has 0 atom stereocenters. The molecule has 148 valence electrons. The van der Waals surface area contributed by atoms with Crippen molar-refractivity contribution in [3.8, 4) is 12.3 Å². The number of hydrogen-bond acceptors (Lipinski definition) is 5. The maximum Gasteiger partial charge on any atom is 0.319 e. The van der Waals surface area contributed by atoms with Gasteiger partial charge in [0, 0.05) is 56.0 Å². The number of benzene rings is 1. The Morgan fingerprint density at radius 1 is 1.03 bits per heavy atom. The van der Waals surface area contributed by atoms with E-state index in [9.17, 15) is 9.59 Å². The van der Waals surface area contributed by atoms with Crippen molar-refractivity contribution in [3.05, 3.63) is 54.4 Å². The summed E-state index contributed by atoms with van der Waals surface area (Å²) in [6.45, 7) is 0.391. The molecule has 1 aliphatic rings. The first kappa shape index (κ1) is 20.0. The number of carbonyl (C=O) groups is 2. The largest absolute Gasteiger partial charge is 0.334 e. The maximum absolute atomic E-state index is 12.2. The molecule has 29 heavy (non-hydrogen) atoms. The van der Waals surface area contributed by atoms with E-state index in [0.717, 1.165) is 5.56 Å². The number of nitrogens with zero attached hydrogens (tertiary/aromatic N) is 3. The van der Waals surface area contributed by atoms with Gasteiger partial charge in [-0.15, -0.1) is 12.3 Å². The summed E-state index contributed by atoms with van der Waals surface area (Å²) in [5.74, 6) is 2.43. The second-order valence-electron chi connectivity index (χ2n) is 6.68. The Bertz CT molecular complexity index is 930. The summed E-state index contributed by atoms with van der Waals surface area (Å²) in [6, 6.07) is 10.3. The highest BCUT2D eigenvalue weighted by molar-refractivity contribution is 5.93. The topological polar surface area (TPSA) is 108 Å². The molecule has 1 aromatic heterocycles. The predicted octanol–water partition coefficient (Wildman–Crippen LogP) is 3.70. The van der Waals surface area contributed by atoms with Gasteiger partial charge in [-0.25, -0.2) is 4.79 Å². The van der Waals surface area contributed by atoms with Crippen molar-refractivity contribution in [2.45, 2.75) is 37.9 Å². The molecule has 2 heterocycles. The van der Waals surface area contributed by atoms with Gasteiger partial charge in [0.1, 0.15) is 0 Å². The molecule has 0 unspecified atom stereocenters. The third-order valence-corrected chi connectivity index (χ3v) is 4.41. The van der Waals surface area contributed by atoms with Crippen LogP contribution in [-0.2, 0) is 11.3 Å². The standard InChI is InChI=1S/C21H22N6O2/c1-2-3-10-21(26-27-21)11-7-19(28)24-17-5-4-6-18(14-17)25-20(29)23-15-16-8-12-22-13-9-16/h1,4-6,8-9,12-14H,3,7,10-11,15H2,(H,24,28)(H2,23,25,29). The van der Waals surface area contributed by atoms with E-state index in [4.69, 9.17) is 6.42 Å². The lowest BCUT2D eigenvalue weighted by Gasteiger charge is -2.11. The average Bonchev–Trinajstić information content (AvgIpc) is 3.51. The van der Waals surface area contributed by atoms with E-state index in [2.05, 4.69) is 37.1 Å². The number of anilines is 2. The lowest BCUT2D eigenvalue weighted by molar-refractivity contribution is -0.116. The highest BCUT2D eigenvalue weighted by Crippen LogP contribution is 2.37. The van der Waals surface area contributed by atoms with Gasteiger partial charge >= 0.3 is 6.03 Å². The minimum absolute atomic E-state index is 0.137. The molecule has 8 heteroatoms. The summed E-state index contributed by atoms with van der Waals surface area (Å²) in [4.78, 5) is 28.2. The SMILES string of the molecule is C#CCCC1(CCC(=O)Nc2cccc(NC(=O)NCc3ccncc3)c2)N=N1. The second-order valence-corrected chi connectivity index (χ2v) is 6.68. The summed E-state index contributed by atoms with van der Waals surface area (Å²) in [5, 5.41) is 16.4. The normalized spacial score (nSPS) is 13.2. The number of nitrogens with one attached hydrogen (secondary N) is 3. The van der Waals surface area contributed by atoms with Gasteiger partial charge in [0.15, 0.2) is 5.66 Å². The average molecular weight is 390 g/mol. The first-order valence-corrected chi connectivity index (χ1v) is 9.30. The van der Waals surface area contributed by atoms with Gasteiger partial charge in [-0.05, 0) is 35.9 Å². The molecule has 0 bridgehead atoms. The number of hydrogen-bond donors (Lipinski definition) is 3. The molecule has 3 N–H and O–H groups in total. The minimum atomic E-state index is -0.472. The summed E-state index contributed by atoms with van der Waals surface area (Å²) in [7, 11) is 0. The zero-order valence-electron chi connectivity index (χ0n) is 15.9. The van der Waals surface area contributed by atoms with Gasteiger partial charge in [0.2, 0.25) is 5.91 Å². The van der Waals surface area contributed by atoms with Crippen molar-refractivity contribution in [2.24, 2.45) is 10.2 Å². The molecule has 3 rings (SSSR count). The fourth-order valence-corrected chi connectivity index (χ4v) is 2.74. The monoisotopic (exact) mass is 390 g/mol. The molecule has 0 aliphatic carbocycles. The fraction of sp³-hybridized carbons (Fsp3) is 0.286. The first-order valence-electron chi connectivity index (χ1n) is 9.30. The van der Waals surface area contributed by atoms with Gasteiger partial charge in [0.05, 0.1) is 0 Å². The zero-order chi connectivity index (χ0) is 20.5. The van der Waals surface area contributed by atoms with E-state index in [1.165, 1.54) is 0 Å². The van der Waals surface area contributed by atoms with Crippen LogP contribution in [0.25, 0.3) is 0 Å². The molecule has 0 fully saturated rings. The number of terminal acetylenes is 1. The van der Waals surface area contributed by atoms with Gasteiger partial charge in [-0.3, -0.25) is 9.78 Å². The highest BCUT2D eigenvalue weighted by Gasteiger charge is 2.39. The molecule has 0 saturated carbocycles. The van der Waals surface area contributed by atoms with Gasteiger partial charge < -0.3 is 16.0 Å². The molecule has 0 radical (unpaired) electrons. The van der Waals surface area contributed by atoms with Crippen LogP contribution in [0, 0.1) is 12.3 Å². The fourth-order valence-electron chi connectivity index (χ4n) is 2.74. The van der Waals surface area contributed by atoms with Crippen molar-refractivity contribution < 1.29 is 9.59 Å². The molecule has 0 saturated heterocycles. The summed E-state index contributed by atoms with van der Waals surface area (Å²) >= 11 is 0. The van der Waals surface area contributed by atoms with Gasteiger partial charge in [-0.2, -0.15) is 10.2 Å². The van der Waals surface area contributed by atoms with Crippen LogP contribution in [0.4, 0.5) is 16.2 Å². The molecule has 3 amide bonds. The Labute approximate surface area is 169 Å². The van der Waals surface area contributed by atoms with Crippen molar-refractivity contribution >= 4 is 23.3 Å². The summed E-state index contributed by atoms with van der Waals surface area (Å²) in [5.41, 5.74) is 1.65. The van der Waals surface area contributed by atoms with Crippen molar-refractivity contribution in [1.29, 1.82) is 0 Å². The number of amides is 3. The zero-order valence-corrected chi connectivity index (χ0v) is 15.9. The van der Waals surface area contributed by atoms with Crippen LogP contribution >= 0.6 is 0 Å². The van der Waals surface area contributed by atoms with Crippen LogP contribution < -0.4 is 16.0 Å². The maximum atomic E-state index is 12.2. The van der Waals surface area contributed by atoms with Crippen LogP contribution in [0.3, 0.4) is 0 Å². The second kappa shape index (κ2) is 9.46. The van der Waals surface area contributed by atoms with Gasteiger partial charge in [0.25, 0.3) is 0 Å². The van der Waals surface area contributed by atoms with E-state index in [1.807, 2.05) is 12.1 Å². The summed E-state index contributed by atoms with van der Waals surface area (Å²) in [6.07, 6.45) is 10.7. The van der Waals surface area contributed by atoms with Crippen LogP contribution in [0.5, 0.6) is 0 Å². The number of aromatic nitrogens is 1. The molecule has 8 nitrogen and oxygen atoms in total. The molecule has 1 aromatic carbocycles. The smallest absolute Gasteiger partial charge is 0.319 e. The number of rotatable bonds is 9.